The van der Waals surface area contributed by atoms with E-state index in [0.29, 0.717) is 6.42 Å². The molecule has 0 N–H and O–H groups in total. The first-order valence-electron chi connectivity index (χ1n) is 9.94. The molecule has 0 bridgehead atoms. The van der Waals surface area contributed by atoms with Crippen molar-refractivity contribution in [3.8, 4) is 0 Å². The van der Waals surface area contributed by atoms with E-state index in [1.165, 1.54) is 57.8 Å². The average molecular weight is 313 g/mol. The van der Waals surface area contributed by atoms with Crippen LogP contribution in [0.3, 0.4) is 0 Å². The van der Waals surface area contributed by atoms with Crippen LogP contribution in [-0.2, 0) is 9.53 Å². The van der Waals surface area contributed by atoms with Crippen LogP contribution in [0.5, 0.6) is 0 Å². The van der Waals surface area contributed by atoms with Gasteiger partial charge in [-0.3, -0.25) is 4.79 Å². The molecule has 22 heavy (non-hydrogen) atoms. The summed E-state index contributed by atoms with van der Waals surface area (Å²) in [6, 6.07) is 0. The lowest BCUT2D eigenvalue weighted by atomic mass is 10.0. The Labute approximate surface area is 139 Å². The maximum Gasteiger partial charge on any atom is 0.306 e. The maximum absolute atomic E-state index is 11.7. The molecule has 132 valence electrons. The van der Waals surface area contributed by atoms with Crippen molar-refractivity contribution in [2.45, 2.75) is 123 Å². The van der Waals surface area contributed by atoms with Crippen LogP contribution in [0.2, 0.25) is 0 Å². The topological polar surface area (TPSA) is 26.3 Å². The first-order chi connectivity index (χ1) is 10.7. The van der Waals surface area contributed by atoms with E-state index in [-0.39, 0.29) is 12.1 Å². The standard InChI is InChI=1S/C20H40O2/c1-4-7-9-10-11-12-13-14-16-17-19(6-3)22-20(21)18-15-8-5-2/h19H,4-18H2,1-3H3. The van der Waals surface area contributed by atoms with Crippen molar-refractivity contribution in [2.24, 2.45) is 0 Å². The molecule has 0 aromatic heterocycles. The van der Waals surface area contributed by atoms with Crippen LogP contribution in [0.1, 0.15) is 117 Å². The van der Waals surface area contributed by atoms with Gasteiger partial charge in [0.2, 0.25) is 0 Å². The summed E-state index contributed by atoms with van der Waals surface area (Å²) in [5.41, 5.74) is 0. The zero-order valence-electron chi connectivity index (χ0n) is 15.5. The molecule has 2 heteroatoms. The minimum absolute atomic E-state index is 0.0104. The first kappa shape index (κ1) is 21.5. The van der Waals surface area contributed by atoms with Crippen LogP contribution < -0.4 is 0 Å². The fourth-order valence-electron chi connectivity index (χ4n) is 2.79. The smallest absolute Gasteiger partial charge is 0.306 e. The monoisotopic (exact) mass is 312 g/mol. The Kier molecular flexibility index (Phi) is 16.4. The number of rotatable bonds is 16. The fraction of sp³-hybridized carbons (Fsp3) is 0.950. The molecule has 1 atom stereocenters. The van der Waals surface area contributed by atoms with E-state index in [9.17, 15) is 4.79 Å². The van der Waals surface area contributed by atoms with Crippen molar-refractivity contribution in [1.82, 2.24) is 0 Å². The molecule has 1 unspecified atom stereocenters. The second kappa shape index (κ2) is 16.8. The predicted octanol–water partition coefficient (Wildman–Crippen LogP) is 6.81. The molecule has 0 saturated carbocycles. The second-order valence-corrected chi connectivity index (χ2v) is 6.59. The third-order valence-corrected chi connectivity index (χ3v) is 4.37. The van der Waals surface area contributed by atoms with Gasteiger partial charge in [0.25, 0.3) is 0 Å². The van der Waals surface area contributed by atoms with Gasteiger partial charge in [-0.2, -0.15) is 0 Å². The van der Waals surface area contributed by atoms with Crippen molar-refractivity contribution in [1.29, 1.82) is 0 Å². The van der Waals surface area contributed by atoms with Crippen LogP contribution in [0.25, 0.3) is 0 Å². The molecular weight excluding hydrogens is 272 g/mol. The summed E-state index contributed by atoms with van der Waals surface area (Å²) in [4.78, 5) is 11.7. The van der Waals surface area contributed by atoms with E-state index in [2.05, 4.69) is 20.8 Å². The second-order valence-electron chi connectivity index (χ2n) is 6.59. The lowest BCUT2D eigenvalue weighted by Gasteiger charge is -2.16. The fourth-order valence-corrected chi connectivity index (χ4v) is 2.79. The van der Waals surface area contributed by atoms with Gasteiger partial charge in [0.1, 0.15) is 6.10 Å². The Hall–Kier alpha value is -0.530. The molecule has 0 aromatic rings. The summed E-state index contributed by atoms with van der Waals surface area (Å²) in [6.45, 7) is 6.54. The summed E-state index contributed by atoms with van der Waals surface area (Å²) in [7, 11) is 0. The van der Waals surface area contributed by atoms with Crippen LogP contribution >= 0.6 is 0 Å². The van der Waals surface area contributed by atoms with Gasteiger partial charge in [0.15, 0.2) is 0 Å². The highest BCUT2D eigenvalue weighted by Gasteiger charge is 2.11. The van der Waals surface area contributed by atoms with Gasteiger partial charge < -0.3 is 4.74 Å². The van der Waals surface area contributed by atoms with Gasteiger partial charge in [-0.15, -0.1) is 0 Å². The van der Waals surface area contributed by atoms with E-state index in [4.69, 9.17) is 4.74 Å². The SMILES string of the molecule is CCCCCCCCCCCC(CC)OC(=O)CCCCC. The molecule has 0 heterocycles. The van der Waals surface area contributed by atoms with Crippen molar-refractivity contribution < 1.29 is 9.53 Å². The maximum atomic E-state index is 11.7. The highest BCUT2D eigenvalue weighted by Crippen LogP contribution is 2.14. The summed E-state index contributed by atoms with van der Waals surface area (Å²) in [5, 5.41) is 0. The normalized spacial score (nSPS) is 12.3. The van der Waals surface area contributed by atoms with Gasteiger partial charge >= 0.3 is 5.97 Å². The average Bonchev–Trinajstić information content (AvgIpc) is 2.52. The first-order valence-corrected chi connectivity index (χ1v) is 9.94. The Bertz CT molecular complexity index is 238. The third kappa shape index (κ3) is 14.4. The Morgan fingerprint density at radius 2 is 1.23 bits per heavy atom. The van der Waals surface area contributed by atoms with Crippen molar-refractivity contribution in [3.63, 3.8) is 0 Å². The molecule has 0 amide bonds. The molecule has 0 radical (unpaired) electrons. The largest absolute Gasteiger partial charge is 0.462 e. The Morgan fingerprint density at radius 3 is 1.77 bits per heavy atom. The predicted molar refractivity (Wildman–Crippen MR) is 96.2 cm³/mol. The summed E-state index contributed by atoms with van der Waals surface area (Å²) in [6.07, 6.45) is 18.1. The molecule has 0 aliphatic carbocycles. The number of carbonyl (C=O) groups excluding carboxylic acids is 1. The van der Waals surface area contributed by atoms with Crippen molar-refractivity contribution in [3.05, 3.63) is 0 Å². The van der Waals surface area contributed by atoms with Gasteiger partial charge in [0.05, 0.1) is 0 Å². The molecule has 0 fully saturated rings. The number of ether oxygens (including phenoxy) is 1. The number of carbonyl (C=O) groups is 1. The van der Waals surface area contributed by atoms with E-state index >= 15 is 0 Å². The van der Waals surface area contributed by atoms with Crippen molar-refractivity contribution in [2.75, 3.05) is 0 Å². The number of unbranched alkanes of at least 4 members (excludes halogenated alkanes) is 10. The molecule has 0 aromatic carbocycles. The number of hydrogen-bond donors (Lipinski definition) is 0. The molecule has 0 spiro atoms. The Morgan fingerprint density at radius 1 is 0.727 bits per heavy atom. The quantitative estimate of drug-likeness (QED) is 0.231. The number of esters is 1. The lowest BCUT2D eigenvalue weighted by molar-refractivity contribution is -0.149. The van der Waals surface area contributed by atoms with Gasteiger partial charge in [-0.25, -0.2) is 0 Å². The summed E-state index contributed by atoms with van der Waals surface area (Å²) in [5.74, 6) is 0.0104. The molecule has 0 rings (SSSR count). The molecule has 2 nitrogen and oxygen atoms in total. The van der Waals surface area contributed by atoms with E-state index in [0.717, 1.165) is 32.1 Å². The zero-order chi connectivity index (χ0) is 16.5. The van der Waals surface area contributed by atoms with Crippen LogP contribution in [0.15, 0.2) is 0 Å². The zero-order valence-corrected chi connectivity index (χ0v) is 15.5. The molecule has 0 aliphatic heterocycles. The van der Waals surface area contributed by atoms with E-state index in [1.807, 2.05) is 0 Å². The van der Waals surface area contributed by atoms with Gasteiger partial charge in [0, 0.05) is 6.42 Å². The molecule has 0 aliphatic rings. The van der Waals surface area contributed by atoms with E-state index < -0.39 is 0 Å². The Balaban J connectivity index is 3.47. The summed E-state index contributed by atoms with van der Waals surface area (Å²) >= 11 is 0. The van der Waals surface area contributed by atoms with Crippen LogP contribution in [-0.4, -0.2) is 12.1 Å². The van der Waals surface area contributed by atoms with Crippen molar-refractivity contribution >= 4 is 5.97 Å². The minimum atomic E-state index is 0.0104. The lowest BCUT2D eigenvalue weighted by Crippen LogP contribution is -2.17. The van der Waals surface area contributed by atoms with Crippen LogP contribution in [0.4, 0.5) is 0 Å². The highest BCUT2D eigenvalue weighted by atomic mass is 16.5. The third-order valence-electron chi connectivity index (χ3n) is 4.37. The minimum Gasteiger partial charge on any atom is -0.462 e. The summed E-state index contributed by atoms with van der Waals surface area (Å²) < 4.78 is 5.58. The van der Waals surface area contributed by atoms with Crippen LogP contribution in [0, 0.1) is 0 Å². The highest BCUT2D eigenvalue weighted by molar-refractivity contribution is 5.69. The van der Waals surface area contributed by atoms with Gasteiger partial charge in [-0.1, -0.05) is 85.0 Å². The van der Waals surface area contributed by atoms with E-state index in [1.54, 1.807) is 0 Å². The number of hydrogen-bond acceptors (Lipinski definition) is 2. The molecule has 0 saturated heterocycles. The molecular formula is C20H40O2. The van der Waals surface area contributed by atoms with Gasteiger partial charge in [-0.05, 0) is 25.7 Å².